The Kier molecular flexibility index (Phi) is 5.54. The number of aryl methyl sites for hydroxylation is 1. The summed E-state index contributed by atoms with van der Waals surface area (Å²) in [5.41, 5.74) is 1.34. The van der Waals surface area contributed by atoms with E-state index in [1.54, 1.807) is 36.5 Å². The van der Waals surface area contributed by atoms with Crippen molar-refractivity contribution in [2.24, 2.45) is 0 Å². The summed E-state index contributed by atoms with van der Waals surface area (Å²) in [6.45, 7) is 1.83. The fourth-order valence-corrected chi connectivity index (χ4v) is 1.52. The number of carbonyl (C=O) groups excluding carboxylic acids is 2. The summed E-state index contributed by atoms with van der Waals surface area (Å²) in [6.07, 6.45) is -4.65. The van der Waals surface area contributed by atoms with Gasteiger partial charge in [0.15, 0.2) is 0 Å². The van der Waals surface area contributed by atoms with Crippen LogP contribution in [0.1, 0.15) is 22.3 Å². The summed E-state index contributed by atoms with van der Waals surface area (Å²) in [4.78, 5) is 22.2. The average molecular weight is 288 g/mol. The zero-order valence-electron chi connectivity index (χ0n) is 10.9. The smallest absolute Gasteiger partial charge is 0.352 e. The quantitative estimate of drug-likeness (QED) is 0.812. The first kappa shape index (κ1) is 16.0. The van der Waals surface area contributed by atoms with Crippen LogP contribution in [0.4, 0.5) is 13.2 Å². The van der Waals surface area contributed by atoms with Gasteiger partial charge in [0.25, 0.3) is 5.91 Å². The Labute approximate surface area is 114 Å². The predicted molar refractivity (Wildman–Crippen MR) is 67.2 cm³/mol. The molecule has 0 bridgehead atoms. The molecule has 0 atom stereocenters. The van der Waals surface area contributed by atoms with Gasteiger partial charge in [0, 0.05) is 18.7 Å². The van der Waals surface area contributed by atoms with E-state index in [-0.39, 0.29) is 25.4 Å². The van der Waals surface area contributed by atoms with Gasteiger partial charge in [-0.2, -0.15) is 13.2 Å². The molecule has 7 heteroatoms. The Morgan fingerprint density at radius 2 is 1.70 bits per heavy atom. The third-order valence-electron chi connectivity index (χ3n) is 2.57. The summed E-state index contributed by atoms with van der Waals surface area (Å²) >= 11 is 0. The molecule has 0 unspecified atom stereocenters. The molecule has 110 valence electrons. The number of halogens is 3. The molecule has 20 heavy (non-hydrogen) atoms. The molecular weight excluding hydrogens is 273 g/mol. The van der Waals surface area contributed by atoms with Crippen molar-refractivity contribution in [3.63, 3.8) is 0 Å². The minimum Gasteiger partial charge on any atom is -0.352 e. The molecule has 0 saturated carbocycles. The minimum atomic E-state index is -4.87. The highest BCUT2D eigenvalue weighted by Crippen LogP contribution is 2.13. The molecule has 0 saturated heterocycles. The van der Waals surface area contributed by atoms with Crippen molar-refractivity contribution in [3.05, 3.63) is 35.4 Å². The first-order chi connectivity index (χ1) is 9.32. The van der Waals surface area contributed by atoms with E-state index in [4.69, 9.17) is 0 Å². The Balaban J connectivity index is 2.27. The summed E-state index contributed by atoms with van der Waals surface area (Å²) in [5.74, 6) is -2.26. The molecule has 4 nitrogen and oxygen atoms in total. The van der Waals surface area contributed by atoms with E-state index in [1.165, 1.54) is 0 Å². The summed E-state index contributed by atoms with van der Waals surface area (Å²) in [6, 6.07) is 6.98. The van der Waals surface area contributed by atoms with Crippen molar-refractivity contribution in [2.45, 2.75) is 19.5 Å². The van der Waals surface area contributed by atoms with Gasteiger partial charge in [-0.25, -0.2) is 0 Å². The topological polar surface area (TPSA) is 58.2 Å². The lowest BCUT2D eigenvalue weighted by Crippen LogP contribution is -2.38. The number of hydrogen-bond acceptors (Lipinski definition) is 2. The Hall–Kier alpha value is -2.05. The van der Waals surface area contributed by atoms with E-state index in [1.807, 2.05) is 0 Å². The van der Waals surface area contributed by atoms with Gasteiger partial charge in [-0.05, 0) is 25.0 Å². The lowest BCUT2D eigenvalue weighted by Gasteiger charge is -2.09. The van der Waals surface area contributed by atoms with Crippen molar-refractivity contribution in [2.75, 3.05) is 13.1 Å². The predicted octanol–water partition coefficient (Wildman–Crippen LogP) is 1.79. The van der Waals surface area contributed by atoms with Gasteiger partial charge < -0.3 is 10.6 Å². The first-order valence-electron chi connectivity index (χ1n) is 6.01. The number of benzene rings is 1. The largest absolute Gasteiger partial charge is 0.471 e. The van der Waals surface area contributed by atoms with Gasteiger partial charge in [0.1, 0.15) is 0 Å². The minimum absolute atomic E-state index is 0.146. The molecule has 0 fully saturated rings. The van der Waals surface area contributed by atoms with Crippen molar-refractivity contribution in [1.29, 1.82) is 0 Å². The summed E-state index contributed by atoms with van der Waals surface area (Å²) < 4.78 is 35.6. The lowest BCUT2D eigenvalue weighted by molar-refractivity contribution is -0.173. The molecule has 1 aromatic rings. The maximum Gasteiger partial charge on any atom is 0.471 e. The molecule has 2 amide bonds. The highest BCUT2D eigenvalue weighted by Gasteiger charge is 2.38. The van der Waals surface area contributed by atoms with Crippen LogP contribution in [0.25, 0.3) is 0 Å². The summed E-state index contributed by atoms with van der Waals surface area (Å²) in [7, 11) is 0. The third kappa shape index (κ3) is 4.91. The van der Waals surface area contributed by atoms with Crippen LogP contribution in [0.15, 0.2) is 24.3 Å². The summed E-state index contributed by atoms with van der Waals surface area (Å²) in [5, 5.41) is 4.31. The number of alkyl halides is 3. The second kappa shape index (κ2) is 6.93. The van der Waals surface area contributed by atoms with E-state index in [0.717, 1.165) is 5.56 Å². The van der Waals surface area contributed by atoms with Gasteiger partial charge in [-0.15, -0.1) is 0 Å². The van der Waals surface area contributed by atoms with Crippen LogP contribution in [0.3, 0.4) is 0 Å². The van der Waals surface area contributed by atoms with Crippen molar-refractivity contribution in [3.8, 4) is 0 Å². The van der Waals surface area contributed by atoms with Crippen molar-refractivity contribution >= 4 is 11.8 Å². The fourth-order valence-electron chi connectivity index (χ4n) is 1.52. The van der Waals surface area contributed by atoms with E-state index in [0.29, 0.717) is 5.56 Å². The van der Waals surface area contributed by atoms with E-state index < -0.39 is 12.1 Å². The number of nitrogens with one attached hydrogen (secondary N) is 2. The molecule has 0 aliphatic carbocycles. The van der Waals surface area contributed by atoms with Crippen LogP contribution in [0.2, 0.25) is 0 Å². The number of amides is 2. The first-order valence-corrected chi connectivity index (χ1v) is 6.01. The van der Waals surface area contributed by atoms with Gasteiger partial charge in [-0.1, -0.05) is 18.2 Å². The maximum absolute atomic E-state index is 11.9. The molecule has 0 aliphatic rings. The van der Waals surface area contributed by atoms with Crippen LogP contribution < -0.4 is 10.6 Å². The normalized spacial score (nSPS) is 11.0. The number of rotatable bonds is 5. The standard InChI is InChI=1S/C13H15F3N2O2/c1-9-5-2-3-6-10(9)11(19)17-7-4-8-18-12(20)13(14,15)16/h2-3,5-6H,4,7-8H2,1H3,(H,17,19)(H,18,20). The third-order valence-corrected chi connectivity index (χ3v) is 2.57. The van der Waals surface area contributed by atoms with Crippen LogP contribution in [0.5, 0.6) is 0 Å². The molecule has 0 aromatic heterocycles. The second-order valence-electron chi connectivity index (χ2n) is 4.18. The Morgan fingerprint density at radius 3 is 2.30 bits per heavy atom. The monoisotopic (exact) mass is 288 g/mol. The maximum atomic E-state index is 11.9. The van der Waals surface area contributed by atoms with Crippen molar-refractivity contribution < 1.29 is 22.8 Å². The van der Waals surface area contributed by atoms with Crippen LogP contribution in [-0.2, 0) is 4.79 Å². The van der Waals surface area contributed by atoms with Crippen molar-refractivity contribution in [1.82, 2.24) is 10.6 Å². The zero-order valence-corrected chi connectivity index (χ0v) is 10.9. The van der Waals surface area contributed by atoms with Crippen LogP contribution in [-0.4, -0.2) is 31.1 Å². The van der Waals surface area contributed by atoms with Crippen LogP contribution in [0, 0.1) is 6.92 Å². The van der Waals surface area contributed by atoms with Gasteiger partial charge >= 0.3 is 12.1 Å². The highest BCUT2D eigenvalue weighted by molar-refractivity contribution is 5.95. The zero-order chi connectivity index (χ0) is 15.2. The SMILES string of the molecule is Cc1ccccc1C(=O)NCCCNC(=O)C(F)(F)F. The molecule has 2 N–H and O–H groups in total. The van der Waals surface area contributed by atoms with E-state index in [2.05, 4.69) is 5.32 Å². The highest BCUT2D eigenvalue weighted by atomic mass is 19.4. The fraction of sp³-hybridized carbons (Fsp3) is 0.385. The number of carbonyl (C=O) groups is 2. The molecule has 0 aliphatic heterocycles. The van der Waals surface area contributed by atoms with Gasteiger partial charge in [-0.3, -0.25) is 9.59 Å². The Morgan fingerprint density at radius 1 is 1.10 bits per heavy atom. The molecule has 0 spiro atoms. The number of hydrogen-bond donors (Lipinski definition) is 2. The van der Waals surface area contributed by atoms with Gasteiger partial charge in [0.2, 0.25) is 0 Å². The molecular formula is C13H15F3N2O2. The van der Waals surface area contributed by atoms with Gasteiger partial charge in [0.05, 0.1) is 0 Å². The molecule has 1 rings (SSSR count). The Bertz CT molecular complexity index is 487. The molecule has 1 aromatic carbocycles. The van der Waals surface area contributed by atoms with E-state index >= 15 is 0 Å². The average Bonchev–Trinajstić information content (AvgIpc) is 2.37. The molecule has 0 radical (unpaired) electrons. The lowest BCUT2D eigenvalue weighted by atomic mass is 10.1. The second-order valence-corrected chi connectivity index (χ2v) is 4.18. The van der Waals surface area contributed by atoms with Crippen LogP contribution >= 0.6 is 0 Å². The molecule has 0 heterocycles. The van der Waals surface area contributed by atoms with E-state index in [9.17, 15) is 22.8 Å².